The minimum Gasteiger partial charge on any atom is -0.497 e. The van der Waals surface area contributed by atoms with E-state index in [9.17, 15) is 9.18 Å². The van der Waals surface area contributed by atoms with E-state index in [1.54, 1.807) is 32.4 Å². The number of ether oxygens (including phenoxy) is 2. The number of amides is 1. The van der Waals surface area contributed by atoms with E-state index < -0.39 is 0 Å². The van der Waals surface area contributed by atoms with Crippen LogP contribution in [0.15, 0.2) is 42.5 Å². The number of rotatable bonds is 7. The summed E-state index contributed by atoms with van der Waals surface area (Å²) in [6, 6.07) is 11.8. The number of carbonyl (C=O) groups is 1. The van der Waals surface area contributed by atoms with Crippen LogP contribution in [0.1, 0.15) is 11.1 Å². The van der Waals surface area contributed by atoms with Crippen LogP contribution < -0.4 is 14.8 Å². The molecule has 4 nitrogen and oxygen atoms in total. The van der Waals surface area contributed by atoms with Gasteiger partial charge in [-0.2, -0.15) is 0 Å². The molecule has 2 aromatic rings. The van der Waals surface area contributed by atoms with E-state index >= 15 is 0 Å². The molecule has 0 bridgehead atoms. The van der Waals surface area contributed by atoms with Crippen LogP contribution in [0.5, 0.6) is 11.5 Å². The van der Waals surface area contributed by atoms with Gasteiger partial charge >= 0.3 is 0 Å². The van der Waals surface area contributed by atoms with E-state index in [0.717, 1.165) is 17.1 Å². The van der Waals surface area contributed by atoms with Crippen molar-refractivity contribution in [1.82, 2.24) is 5.32 Å². The second kappa shape index (κ2) is 8.17. The Morgan fingerprint density at radius 2 is 1.87 bits per heavy atom. The molecule has 0 fully saturated rings. The Bertz CT molecular complexity index is 673. The molecule has 0 atom stereocenters. The van der Waals surface area contributed by atoms with Crippen molar-refractivity contribution in [3.05, 3.63) is 59.4 Å². The standard InChI is InChI=1S/C18H20FNO3/c1-22-15-7-8-17(23-2)14(11-15)9-10-20-18(21)12-13-5-3-4-6-16(13)19/h3-8,11H,9-10,12H2,1-2H3,(H,20,21). The number of halogens is 1. The van der Waals surface area contributed by atoms with E-state index in [2.05, 4.69) is 5.32 Å². The van der Waals surface area contributed by atoms with E-state index in [1.165, 1.54) is 6.07 Å². The highest BCUT2D eigenvalue weighted by atomic mass is 19.1. The first kappa shape index (κ1) is 16.8. The van der Waals surface area contributed by atoms with Crippen LogP contribution in [0.4, 0.5) is 4.39 Å². The summed E-state index contributed by atoms with van der Waals surface area (Å²) in [4.78, 5) is 11.9. The molecule has 0 aliphatic heterocycles. The average molecular weight is 317 g/mol. The first-order valence-electron chi connectivity index (χ1n) is 7.35. The highest BCUT2D eigenvalue weighted by Crippen LogP contribution is 2.24. The second-order valence-electron chi connectivity index (χ2n) is 5.05. The maximum absolute atomic E-state index is 13.5. The molecule has 23 heavy (non-hydrogen) atoms. The molecule has 1 N–H and O–H groups in total. The summed E-state index contributed by atoms with van der Waals surface area (Å²) in [5.41, 5.74) is 1.34. The van der Waals surface area contributed by atoms with Gasteiger partial charge in [0.1, 0.15) is 17.3 Å². The zero-order valence-electron chi connectivity index (χ0n) is 13.3. The highest BCUT2D eigenvalue weighted by molar-refractivity contribution is 5.78. The molecule has 5 heteroatoms. The van der Waals surface area contributed by atoms with Gasteiger partial charge in [0.25, 0.3) is 0 Å². The molecular weight excluding hydrogens is 297 g/mol. The third-order valence-corrected chi connectivity index (χ3v) is 3.51. The molecule has 2 rings (SSSR count). The molecule has 0 aliphatic rings. The fourth-order valence-corrected chi connectivity index (χ4v) is 2.29. The van der Waals surface area contributed by atoms with Crippen LogP contribution in [-0.2, 0) is 17.6 Å². The molecule has 0 aromatic heterocycles. The summed E-state index contributed by atoms with van der Waals surface area (Å²) in [6.45, 7) is 0.441. The van der Waals surface area contributed by atoms with Crippen LogP contribution >= 0.6 is 0 Å². The van der Waals surface area contributed by atoms with E-state index in [-0.39, 0.29) is 18.1 Å². The number of hydrogen-bond acceptors (Lipinski definition) is 3. The Morgan fingerprint density at radius 1 is 1.09 bits per heavy atom. The first-order chi connectivity index (χ1) is 11.1. The third-order valence-electron chi connectivity index (χ3n) is 3.51. The predicted molar refractivity (Wildman–Crippen MR) is 86.4 cm³/mol. The topological polar surface area (TPSA) is 47.6 Å². The van der Waals surface area contributed by atoms with Crippen LogP contribution in [0.25, 0.3) is 0 Å². The summed E-state index contributed by atoms with van der Waals surface area (Å²) in [5.74, 6) is 0.904. The number of benzene rings is 2. The summed E-state index contributed by atoms with van der Waals surface area (Å²) in [5, 5.41) is 2.79. The number of nitrogens with one attached hydrogen (secondary N) is 1. The largest absolute Gasteiger partial charge is 0.497 e. The minimum absolute atomic E-state index is 0.0297. The van der Waals surface area contributed by atoms with Gasteiger partial charge in [0.05, 0.1) is 20.6 Å². The van der Waals surface area contributed by atoms with E-state index in [1.807, 2.05) is 18.2 Å². The van der Waals surface area contributed by atoms with Gasteiger partial charge in [-0.1, -0.05) is 18.2 Å². The SMILES string of the molecule is COc1ccc(OC)c(CCNC(=O)Cc2ccccc2F)c1. The van der Waals surface area contributed by atoms with Gasteiger partial charge in [0.2, 0.25) is 5.91 Å². The Balaban J connectivity index is 1.89. The minimum atomic E-state index is -0.364. The van der Waals surface area contributed by atoms with E-state index in [4.69, 9.17) is 9.47 Å². The normalized spacial score (nSPS) is 10.2. The average Bonchev–Trinajstić information content (AvgIpc) is 2.57. The zero-order valence-corrected chi connectivity index (χ0v) is 13.3. The van der Waals surface area contributed by atoms with Crippen molar-refractivity contribution in [2.45, 2.75) is 12.8 Å². The van der Waals surface area contributed by atoms with Gasteiger partial charge in [0, 0.05) is 6.54 Å². The summed E-state index contributed by atoms with van der Waals surface area (Å²) in [6.07, 6.45) is 0.630. The van der Waals surface area contributed by atoms with Gasteiger partial charge in [-0.15, -0.1) is 0 Å². The Morgan fingerprint density at radius 3 is 2.57 bits per heavy atom. The molecule has 0 radical (unpaired) electrons. The summed E-state index contributed by atoms with van der Waals surface area (Å²) < 4.78 is 24.0. The Hall–Kier alpha value is -2.56. The van der Waals surface area contributed by atoms with Crippen LogP contribution in [-0.4, -0.2) is 26.7 Å². The van der Waals surface area contributed by atoms with Gasteiger partial charge in [-0.25, -0.2) is 4.39 Å². The fourth-order valence-electron chi connectivity index (χ4n) is 2.29. The van der Waals surface area contributed by atoms with Crippen molar-refractivity contribution in [2.24, 2.45) is 0 Å². The quantitative estimate of drug-likeness (QED) is 0.854. The number of hydrogen-bond donors (Lipinski definition) is 1. The lowest BCUT2D eigenvalue weighted by Crippen LogP contribution is -2.27. The van der Waals surface area contributed by atoms with Crippen LogP contribution in [0, 0.1) is 5.82 Å². The lowest BCUT2D eigenvalue weighted by Gasteiger charge is -2.11. The van der Waals surface area contributed by atoms with Gasteiger partial charge in [-0.3, -0.25) is 4.79 Å². The summed E-state index contributed by atoms with van der Waals surface area (Å²) >= 11 is 0. The molecule has 0 saturated heterocycles. The van der Waals surface area contributed by atoms with Crippen molar-refractivity contribution < 1.29 is 18.7 Å². The van der Waals surface area contributed by atoms with Crippen molar-refractivity contribution in [3.63, 3.8) is 0 Å². The third kappa shape index (κ3) is 4.71. The van der Waals surface area contributed by atoms with Crippen molar-refractivity contribution in [2.75, 3.05) is 20.8 Å². The number of methoxy groups -OCH3 is 2. The Labute approximate surface area is 135 Å². The van der Waals surface area contributed by atoms with Gasteiger partial charge in [-0.05, 0) is 41.8 Å². The maximum Gasteiger partial charge on any atom is 0.224 e. The maximum atomic E-state index is 13.5. The van der Waals surface area contributed by atoms with E-state index in [0.29, 0.717) is 18.5 Å². The molecule has 2 aromatic carbocycles. The highest BCUT2D eigenvalue weighted by Gasteiger charge is 2.09. The molecular formula is C18H20FNO3. The smallest absolute Gasteiger partial charge is 0.224 e. The molecule has 0 spiro atoms. The fraction of sp³-hybridized carbons (Fsp3) is 0.278. The zero-order chi connectivity index (χ0) is 16.7. The van der Waals surface area contributed by atoms with Gasteiger partial charge < -0.3 is 14.8 Å². The molecule has 0 heterocycles. The first-order valence-corrected chi connectivity index (χ1v) is 7.35. The monoisotopic (exact) mass is 317 g/mol. The number of carbonyl (C=O) groups excluding carboxylic acids is 1. The summed E-state index contributed by atoms with van der Waals surface area (Å²) in [7, 11) is 3.20. The molecule has 1 amide bonds. The van der Waals surface area contributed by atoms with Crippen molar-refractivity contribution >= 4 is 5.91 Å². The lowest BCUT2D eigenvalue weighted by molar-refractivity contribution is -0.120. The van der Waals surface area contributed by atoms with Crippen molar-refractivity contribution in [3.8, 4) is 11.5 Å². The van der Waals surface area contributed by atoms with Gasteiger partial charge in [0.15, 0.2) is 0 Å². The molecule has 0 saturated carbocycles. The van der Waals surface area contributed by atoms with Crippen molar-refractivity contribution in [1.29, 1.82) is 0 Å². The predicted octanol–water partition coefficient (Wildman–Crippen LogP) is 2.74. The van der Waals surface area contributed by atoms with Crippen LogP contribution in [0.2, 0.25) is 0 Å². The Kier molecular flexibility index (Phi) is 5.97. The second-order valence-corrected chi connectivity index (χ2v) is 5.05. The molecule has 0 unspecified atom stereocenters. The van der Waals surface area contributed by atoms with Crippen LogP contribution in [0.3, 0.4) is 0 Å². The molecule has 0 aliphatic carbocycles. The molecule has 122 valence electrons. The lowest BCUT2D eigenvalue weighted by atomic mass is 10.1.